The molecule has 1 N–H and O–H groups in total. The number of nitrogens with zero attached hydrogens (tertiary/aromatic N) is 1. The quantitative estimate of drug-likeness (QED) is 0.0211. The zero-order valence-electron chi connectivity index (χ0n) is 69.1. The van der Waals surface area contributed by atoms with Gasteiger partial charge in [0.25, 0.3) is 6.29 Å². The van der Waals surface area contributed by atoms with E-state index in [2.05, 4.69) is 160 Å². The van der Waals surface area contributed by atoms with Gasteiger partial charge >= 0.3 is 17.9 Å². The average Bonchev–Trinajstić information content (AvgIpc) is 1.97. The highest BCUT2D eigenvalue weighted by Crippen LogP contribution is 2.20. The van der Waals surface area contributed by atoms with Gasteiger partial charge < -0.3 is 28.5 Å². The van der Waals surface area contributed by atoms with Crippen molar-refractivity contribution >= 4 is 17.9 Å². The lowest BCUT2D eigenvalue weighted by Gasteiger charge is -2.25. The number of rotatable bonds is 81. The molecule has 0 aliphatic carbocycles. The summed E-state index contributed by atoms with van der Waals surface area (Å²) in [5, 5.41) is 9.79. The van der Waals surface area contributed by atoms with Crippen LogP contribution in [0.3, 0.4) is 0 Å². The highest BCUT2D eigenvalue weighted by Gasteiger charge is 2.25. The van der Waals surface area contributed by atoms with E-state index in [0.717, 1.165) is 116 Å². The van der Waals surface area contributed by atoms with Crippen LogP contribution < -0.4 is 0 Å². The number of esters is 2. The fourth-order valence-corrected chi connectivity index (χ4v) is 12.5. The van der Waals surface area contributed by atoms with Crippen LogP contribution >= 0.6 is 0 Å². The van der Waals surface area contributed by atoms with E-state index >= 15 is 0 Å². The van der Waals surface area contributed by atoms with E-state index in [1.165, 1.54) is 244 Å². The molecular weight excluding hydrogens is 1300 g/mol. The second kappa shape index (κ2) is 84.8. The van der Waals surface area contributed by atoms with Crippen LogP contribution in [-0.4, -0.2) is 87.4 Å². The number of carboxylic acid groups (broad SMARTS) is 1. The fraction of sp³-hybridized carbons (Fsp3) is 0.719. The lowest BCUT2D eigenvalue weighted by molar-refractivity contribution is -0.870. The Morgan fingerprint density at radius 1 is 0.286 bits per heavy atom. The van der Waals surface area contributed by atoms with Gasteiger partial charge in [0.05, 0.1) is 34.4 Å². The molecule has 0 saturated carbocycles. The van der Waals surface area contributed by atoms with Crippen molar-refractivity contribution in [3.05, 3.63) is 146 Å². The first kappa shape index (κ1) is 100. The maximum absolute atomic E-state index is 13.0. The van der Waals surface area contributed by atoms with Crippen molar-refractivity contribution in [2.45, 2.75) is 399 Å². The van der Waals surface area contributed by atoms with Gasteiger partial charge in [-0.05, 0) is 116 Å². The molecule has 0 aromatic rings. The number of aliphatic carboxylic acids is 1. The summed E-state index contributed by atoms with van der Waals surface area (Å²) < 4.78 is 23.1. The Labute approximate surface area is 649 Å². The summed E-state index contributed by atoms with van der Waals surface area (Å²) in [7, 11) is 5.99. The van der Waals surface area contributed by atoms with Crippen LogP contribution in [0.15, 0.2) is 146 Å². The molecule has 602 valence electrons. The first-order valence-corrected chi connectivity index (χ1v) is 44.0. The van der Waals surface area contributed by atoms with Crippen LogP contribution in [0.25, 0.3) is 0 Å². The van der Waals surface area contributed by atoms with Crippen molar-refractivity contribution in [2.24, 2.45) is 0 Å². The molecule has 0 rings (SSSR count). The van der Waals surface area contributed by atoms with Gasteiger partial charge in [-0.1, -0.05) is 404 Å². The van der Waals surface area contributed by atoms with Crippen molar-refractivity contribution in [1.82, 2.24) is 0 Å². The Hall–Kier alpha value is -4.83. The molecule has 0 aromatic carbocycles. The zero-order valence-corrected chi connectivity index (χ0v) is 69.1. The standard InChI is InChI=1S/C96H165NO8/c1-6-8-10-12-14-16-18-20-22-24-26-28-30-32-34-36-38-40-42-44-46-47-49-50-52-54-56-58-60-62-64-66-68-70-72-74-76-78-80-82-84-86-93(98)103-90-92(91-104-96(95(100)101)102-89-88-97(3,4)5)105-94(99)87-85-83-81-79-77-75-73-71-69-67-65-63-61-59-57-55-53-51-48-45-43-41-39-37-35-33-31-29-27-25-23-21-19-17-15-13-11-9-7-2/h8-11,14-17,20-23,26-29,33,35,39,41,45,48,53,55,92,96H,6-7,12-13,18-19,24-25,30-32,34,36-38,40,42-44,46-47,49-52,54,56-91H2,1-5H3/p+1/b10-8-,11-9-,16-14-,17-15-,22-20-,23-21-,28-26-,29-27-,35-33-,41-39-,48-45-,55-53-. The predicted molar refractivity (Wildman–Crippen MR) is 456 cm³/mol. The van der Waals surface area contributed by atoms with Crippen LogP contribution in [0.5, 0.6) is 0 Å². The summed E-state index contributed by atoms with van der Waals surface area (Å²) in [6, 6.07) is 0. The van der Waals surface area contributed by atoms with Crippen molar-refractivity contribution < 1.29 is 42.9 Å². The van der Waals surface area contributed by atoms with Crippen LogP contribution in [0.2, 0.25) is 0 Å². The Morgan fingerprint density at radius 3 is 0.762 bits per heavy atom. The molecule has 0 spiro atoms. The van der Waals surface area contributed by atoms with Gasteiger partial charge in [0.2, 0.25) is 0 Å². The van der Waals surface area contributed by atoms with Crippen LogP contribution in [0, 0.1) is 0 Å². The third-order valence-electron chi connectivity index (χ3n) is 19.1. The Kier molecular flexibility index (Phi) is 80.9. The molecule has 2 unspecified atom stereocenters. The molecule has 2 atom stereocenters. The highest BCUT2D eigenvalue weighted by molar-refractivity contribution is 5.71. The molecule has 0 bridgehead atoms. The minimum Gasteiger partial charge on any atom is -0.477 e. The number of carbonyl (C=O) groups excluding carboxylic acids is 2. The molecule has 0 aromatic heterocycles. The van der Waals surface area contributed by atoms with Crippen molar-refractivity contribution in [3.8, 4) is 0 Å². The number of hydrogen-bond acceptors (Lipinski definition) is 7. The molecule has 0 aliphatic rings. The first-order chi connectivity index (χ1) is 51.6. The van der Waals surface area contributed by atoms with Gasteiger partial charge in [-0.3, -0.25) is 9.59 Å². The molecule has 0 aliphatic heterocycles. The number of allylic oxidation sites excluding steroid dienone is 24. The van der Waals surface area contributed by atoms with E-state index in [1.807, 2.05) is 21.1 Å². The van der Waals surface area contributed by atoms with Gasteiger partial charge in [0.1, 0.15) is 13.2 Å². The van der Waals surface area contributed by atoms with Gasteiger partial charge in [0.15, 0.2) is 6.10 Å². The average molecular weight is 1460 g/mol. The van der Waals surface area contributed by atoms with E-state index in [9.17, 15) is 19.5 Å². The third-order valence-corrected chi connectivity index (χ3v) is 19.1. The smallest absolute Gasteiger partial charge is 0.361 e. The predicted octanol–water partition coefficient (Wildman–Crippen LogP) is 28.9. The molecule has 0 amide bonds. The van der Waals surface area contributed by atoms with Crippen molar-refractivity contribution in [3.63, 3.8) is 0 Å². The molecular formula is C96H166NO8+. The Morgan fingerprint density at radius 2 is 0.514 bits per heavy atom. The number of ether oxygens (including phenoxy) is 4. The minimum atomic E-state index is -1.52. The number of carbonyl (C=O) groups is 3. The molecule has 0 radical (unpaired) electrons. The van der Waals surface area contributed by atoms with Crippen molar-refractivity contribution in [2.75, 3.05) is 47.5 Å². The van der Waals surface area contributed by atoms with Crippen LogP contribution in [0.4, 0.5) is 0 Å². The van der Waals surface area contributed by atoms with Crippen LogP contribution in [-0.2, 0) is 33.3 Å². The monoisotopic (exact) mass is 1460 g/mol. The number of likely N-dealkylation sites (N-methyl/N-ethyl adjacent to an activating group) is 1. The van der Waals surface area contributed by atoms with Gasteiger partial charge in [-0.2, -0.15) is 0 Å². The summed E-state index contributed by atoms with van der Waals surface area (Å²) in [5.41, 5.74) is 0. The Balaban J connectivity index is 3.97. The summed E-state index contributed by atoms with van der Waals surface area (Å²) in [6.07, 6.45) is 122. The Bertz CT molecular complexity index is 2250. The summed E-state index contributed by atoms with van der Waals surface area (Å²) in [5.74, 6) is -1.99. The van der Waals surface area contributed by atoms with E-state index in [0.29, 0.717) is 17.4 Å². The SMILES string of the molecule is CC/C=C\C/C=C\C/C=C\C/C=C\C/C=C\C/C=C\C/C=C\C/C=C\CCCCCCCCCCCCCCCCC(=O)OC(COC(=O)CCCCCCCCCCCCCCCCCCCCCCCCCCCCCC/C=C\C/C=C\C/C=C\C/C=C\CC)COC(OCC[N+](C)(C)C)C(=O)O. The number of quaternary nitrogens is 1. The largest absolute Gasteiger partial charge is 0.477 e. The summed E-state index contributed by atoms with van der Waals surface area (Å²) in [4.78, 5) is 37.8. The third kappa shape index (κ3) is 86.3. The van der Waals surface area contributed by atoms with Crippen LogP contribution in [0.1, 0.15) is 386 Å². The lowest BCUT2D eigenvalue weighted by atomic mass is 10.0. The normalized spacial score (nSPS) is 13.3. The van der Waals surface area contributed by atoms with Crippen molar-refractivity contribution in [1.29, 1.82) is 0 Å². The van der Waals surface area contributed by atoms with E-state index < -0.39 is 24.3 Å². The maximum Gasteiger partial charge on any atom is 0.361 e. The second-order valence-corrected chi connectivity index (χ2v) is 30.4. The first-order valence-electron chi connectivity index (χ1n) is 44.0. The molecule has 0 saturated heterocycles. The van der Waals surface area contributed by atoms with E-state index in [1.54, 1.807) is 0 Å². The number of hydrogen-bond donors (Lipinski definition) is 1. The van der Waals surface area contributed by atoms with Gasteiger partial charge in [0, 0.05) is 12.8 Å². The summed E-state index contributed by atoms with van der Waals surface area (Å²) in [6.45, 7) is 4.69. The van der Waals surface area contributed by atoms with Gasteiger partial charge in [-0.15, -0.1) is 0 Å². The fourth-order valence-electron chi connectivity index (χ4n) is 12.5. The molecule has 0 heterocycles. The molecule has 105 heavy (non-hydrogen) atoms. The molecule has 0 fully saturated rings. The molecule has 9 heteroatoms. The lowest BCUT2D eigenvalue weighted by Crippen LogP contribution is -2.40. The second-order valence-electron chi connectivity index (χ2n) is 30.4. The topological polar surface area (TPSA) is 108 Å². The number of carboxylic acids is 1. The van der Waals surface area contributed by atoms with E-state index in [-0.39, 0.29) is 32.2 Å². The minimum absolute atomic E-state index is 0.183. The summed E-state index contributed by atoms with van der Waals surface area (Å²) >= 11 is 0. The maximum atomic E-state index is 13.0. The number of unbranched alkanes of at least 4 members (excludes halogenated alkanes) is 42. The van der Waals surface area contributed by atoms with E-state index in [4.69, 9.17) is 18.9 Å². The van der Waals surface area contributed by atoms with Gasteiger partial charge in [-0.25, -0.2) is 4.79 Å². The highest BCUT2D eigenvalue weighted by atomic mass is 16.7. The zero-order chi connectivity index (χ0) is 76.0. The molecule has 9 nitrogen and oxygen atoms in total.